The van der Waals surface area contributed by atoms with Gasteiger partial charge in [-0.2, -0.15) is 4.81 Å². The third-order valence-corrected chi connectivity index (χ3v) is 2.65. The molecule has 0 bridgehead atoms. The number of benzene rings is 1. The van der Waals surface area contributed by atoms with Crippen molar-refractivity contribution in [2.45, 2.75) is 0 Å². The molecule has 2 N–H and O–H groups in total. The van der Waals surface area contributed by atoms with Gasteiger partial charge in [0.25, 0.3) is 0 Å². The molecule has 1 rings (SSSR count). The van der Waals surface area contributed by atoms with E-state index in [1.165, 1.54) is 26.3 Å². The Morgan fingerprint density at radius 3 is 2.68 bits per heavy atom. The van der Waals surface area contributed by atoms with E-state index in [4.69, 9.17) is 14.7 Å². The molecule has 0 radical (unpaired) electrons. The topological polar surface area (TPSA) is 90.9 Å². The van der Waals surface area contributed by atoms with Crippen molar-refractivity contribution in [3.05, 3.63) is 29.0 Å². The van der Waals surface area contributed by atoms with E-state index in [0.29, 0.717) is 18.8 Å². The molecule has 0 saturated carbocycles. The van der Waals surface area contributed by atoms with Crippen molar-refractivity contribution in [1.82, 2.24) is 4.81 Å². The molecule has 1 aromatic rings. The number of quaternary nitrogens is 1. The maximum Gasteiger partial charge on any atom is 0.335 e. The minimum absolute atomic E-state index is 0.0320. The number of carboxylic acids is 1. The molecule has 7 nitrogen and oxygen atoms in total. The molecular weight excluding hydrogens is 252 g/mol. The summed E-state index contributed by atoms with van der Waals surface area (Å²) in [6.07, 6.45) is 0. The molecule has 1 aromatic carbocycles. The molecule has 0 amide bonds. The van der Waals surface area contributed by atoms with Gasteiger partial charge in [0.1, 0.15) is 7.05 Å². The van der Waals surface area contributed by atoms with Crippen molar-refractivity contribution in [2.75, 3.05) is 39.7 Å². The van der Waals surface area contributed by atoms with E-state index in [9.17, 15) is 10.0 Å². The lowest BCUT2D eigenvalue weighted by atomic mass is 10.1. The molecule has 106 valence electrons. The number of methoxy groups -OCH3 is 1. The van der Waals surface area contributed by atoms with Crippen LogP contribution >= 0.6 is 0 Å². The maximum absolute atomic E-state index is 12.2. The fourth-order valence-electron chi connectivity index (χ4n) is 1.54. The first-order valence-electron chi connectivity index (χ1n) is 5.66. The van der Waals surface area contributed by atoms with Gasteiger partial charge in [0, 0.05) is 19.7 Å². The summed E-state index contributed by atoms with van der Waals surface area (Å²) in [5, 5.41) is 24.1. The van der Waals surface area contributed by atoms with Crippen molar-refractivity contribution in [3.63, 3.8) is 0 Å². The smallest absolute Gasteiger partial charge is 0.335 e. The number of hydroxylamine groups is 2. The predicted molar refractivity (Wildman–Crippen MR) is 71.9 cm³/mol. The third-order valence-electron chi connectivity index (χ3n) is 2.65. The Balaban J connectivity index is 3.11. The molecule has 7 heteroatoms. The zero-order valence-electron chi connectivity index (χ0n) is 11.2. The van der Waals surface area contributed by atoms with E-state index >= 15 is 0 Å². The second-order valence-corrected chi connectivity index (χ2v) is 3.99. The number of aromatic carboxylic acids is 1. The van der Waals surface area contributed by atoms with E-state index in [1.807, 2.05) is 0 Å². The molecule has 19 heavy (non-hydrogen) atoms. The minimum atomic E-state index is -1.13. The molecule has 0 aromatic heterocycles. The van der Waals surface area contributed by atoms with Gasteiger partial charge >= 0.3 is 5.97 Å². The average molecular weight is 270 g/mol. The summed E-state index contributed by atoms with van der Waals surface area (Å²) >= 11 is 0. The van der Waals surface area contributed by atoms with E-state index in [-0.39, 0.29) is 11.3 Å². The highest BCUT2D eigenvalue weighted by Gasteiger charge is 2.22. The molecule has 0 fully saturated rings. The first kappa shape index (κ1) is 15.4. The standard InChI is InChI=1S/C12H18N2O5/c1-14(17,19-3)11-8-9(12(15)16)4-5-10(11)13-6-7-18-2/h4-5,8,13H,6-7H2,1-3H3,(H,15,16). The Labute approximate surface area is 111 Å². The number of ether oxygens (including phenoxy) is 1. The second kappa shape index (κ2) is 6.48. The molecule has 1 atom stereocenters. The van der Waals surface area contributed by atoms with Crippen LogP contribution in [-0.4, -0.2) is 45.5 Å². The van der Waals surface area contributed by atoms with Gasteiger partial charge in [0.2, 0.25) is 0 Å². The van der Waals surface area contributed by atoms with Crippen LogP contribution in [0.15, 0.2) is 18.2 Å². The Bertz CT molecular complexity index is 448. The molecule has 0 aliphatic carbocycles. The first-order valence-corrected chi connectivity index (χ1v) is 5.66. The van der Waals surface area contributed by atoms with Gasteiger partial charge in [-0.3, -0.25) is 0 Å². The van der Waals surface area contributed by atoms with Crippen LogP contribution in [-0.2, 0) is 9.57 Å². The Morgan fingerprint density at radius 2 is 2.16 bits per heavy atom. The van der Waals surface area contributed by atoms with E-state index in [1.54, 1.807) is 13.2 Å². The van der Waals surface area contributed by atoms with Crippen LogP contribution < -0.4 is 10.1 Å². The van der Waals surface area contributed by atoms with E-state index in [2.05, 4.69) is 5.32 Å². The van der Waals surface area contributed by atoms with Crippen LogP contribution in [0.4, 0.5) is 11.4 Å². The number of rotatable bonds is 7. The largest absolute Gasteiger partial charge is 0.593 e. The molecule has 0 spiro atoms. The first-order chi connectivity index (χ1) is 8.92. The SMILES string of the molecule is COCCNc1ccc(C(=O)O)cc1[N+](C)([O-])OC. The van der Waals surface area contributed by atoms with Crippen molar-refractivity contribution in [1.29, 1.82) is 0 Å². The quantitative estimate of drug-likeness (QED) is 0.442. The zero-order valence-corrected chi connectivity index (χ0v) is 11.2. The zero-order chi connectivity index (χ0) is 14.5. The van der Waals surface area contributed by atoms with Gasteiger partial charge < -0.3 is 20.4 Å². The fraction of sp³-hybridized carbons (Fsp3) is 0.417. The number of hydrogen-bond acceptors (Lipinski definition) is 5. The molecule has 0 aliphatic rings. The summed E-state index contributed by atoms with van der Waals surface area (Å²) in [5.74, 6) is -1.10. The number of hydrogen-bond donors (Lipinski definition) is 2. The summed E-state index contributed by atoms with van der Waals surface area (Å²) in [4.78, 5) is 14.6. The van der Waals surface area contributed by atoms with Crippen LogP contribution in [0.3, 0.4) is 0 Å². The highest BCUT2D eigenvalue weighted by molar-refractivity contribution is 5.90. The summed E-state index contributed by atoms with van der Waals surface area (Å²) in [6, 6.07) is 4.27. The van der Waals surface area contributed by atoms with Crippen molar-refractivity contribution < 1.29 is 19.5 Å². The fourth-order valence-corrected chi connectivity index (χ4v) is 1.54. The van der Waals surface area contributed by atoms with Crippen LogP contribution in [0.1, 0.15) is 10.4 Å². The van der Waals surface area contributed by atoms with Gasteiger partial charge in [0.15, 0.2) is 5.69 Å². The van der Waals surface area contributed by atoms with Crippen molar-refractivity contribution >= 4 is 17.3 Å². The number of carbonyl (C=O) groups is 1. The average Bonchev–Trinajstić information content (AvgIpc) is 2.39. The lowest BCUT2D eigenvalue weighted by Crippen LogP contribution is -2.37. The summed E-state index contributed by atoms with van der Waals surface area (Å²) in [5.41, 5.74) is 0.740. The van der Waals surface area contributed by atoms with Gasteiger partial charge in [0.05, 0.1) is 25.0 Å². The van der Waals surface area contributed by atoms with Crippen molar-refractivity contribution in [2.24, 2.45) is 0 Å². The van der Waals surface area contributed by atoms with Gasteiger partial charge in [-0.1, -0.05) is 0 Å². The summed E-state index contributed by atoms with van der Waals surface area (Å²) < 4.78 is 4.91. The summed E-state index contributed by atoms with van der Waals surface area (Å²) in [6.45, 7) is 0.968. The van der Waals surface area contributed by atoms with Crippen LogP contribution in [0, 0.1) is 5.21 Å². The second-order valence-electron chi connectivity index (χ2n) is 3.99. The predicted octanol–water partition coefficient (Wildman–Crippen LogP) is 1.44. The van der Waals surface area contributed by atoms with Crippen LogP contribution in [0.2, 0.25) is 0 Å². The van der Waals surface area contributed by atoms with Gasteiger partial charge in [-0.15, -0.1) is 0 Å². The summed E-state index contributed by atoms with van der Waals surface area (Å²) in [7, 11) is 4.11. The number of nitrogens with zero attached hydrogens (tertiary/aromatic N) is 1. The van der Waals surface area contributed by atoms with Crippen LogP contribution in [0.5, 0.6) is 0 Å². The number of anilines is 1. The van der Waals surface area contributed by atoms with Crippen molar-refractivity contribution in [3.8, 4) is 0 Å². The van der Waals surface area contributed by atoms with Gasteiger partial charge in [-0.25, -0.2) is 9.63 Å². The Kier molecular flexibility index (Phi) is 5.25. The third kappa shape index (κ3) is 3.90. The van der Waals surface area contributed by atoms with E-state index in [0.717, 1.165) is 0 Å². The molecule has 1 unspecified atom stereocenters. The highest BCUT2D eigenvalue weighted by atomic mass is 16.9. The normalized spacial score (nSPS) is 13.9. The lowest BCUT2D eigenvalue weighted by Gasteiger charge is -2.34. The van der Waals surface area contributed by atoms with E-state index < -0.39 is 10.8 Å². The van der Waals surface area contributed by atoms with Crippen LogP contribution in [0.25, 0.3) is 0 Å². The Hall–Kier alpha value is -1.67. The number of carboxylic acid groups (broad SMARTS) is 1. The lowest BCUT2D eigenvalue weighted by molar-refractivity contribution is -0.0553. The highest BCUT2D eigenvalue weighted by Crippen LogP contribution is 2.31. The van der Waals surface area contributed by atoms with Gasteiger partial charge in [-0.05, 0) is 12.1 Å². The Morgan fingerprint density at radius 1 is 1.47 bits per heavy atom. The minimum Gasteiger partial charge on any atom is -0.593 e. The molecular formula is C12H18N2O5. The molecule has 0 saturated heterocycles. The maximum atomic E-state index is 12.2. The molecule has 0 aliphatic heterocycles. The molecule has 0 heterocycles. The monoisotopic (exact) mass is 270 g/mol. The number of nitrogens with one attached hydrogen (secondary N) is 1.